The van der Waals surface area contributed by atoms with Crippen LogP contribution in [0.15, 0.2) is 28.7 Å². The van der Waals surface area contributed by atoms with E-state index in [9.17, 15) is 4.79 Å². The van der Waals surface area contributed by atoms with Crippen LogP contribution in [0.2, 0.25) is 0 Å². The van der Waals surface area contributed by atoms with Crippen molar-refractivity contribution < 1.29 is 4.79 Å². The van der Waals surface area contributed by atoms with Crippen molar-refractivity contribution in [2.24, 2.45) is 11.8 Å². The molecule has 0 spiro atoms. The lowest BCUT2D eigenvalue weighted by Crippen LogP contribution is -2.14. The van der Waals surface area contributed by atoms with Crippen molar-refractivity contribution in [2.45, 2.75) is 13.3 Å². The van der Waals surface area contributed by atoms with Crippen LogP contribution in [0.3, 0.4) is 0 Å². The summed E-state index contributed by atoms with van der Waals surface area (Å²) in [6.07, 6.45) is 1.03. The Morgan fingerprint density at radius 3 is 2.50 bits per heavy atom. The second-order valence-electron chi connectivity index (χ2n) is 3.82. The number of benzene rings is 1. The largest absolute Gasteiger partial charge is 0.326 e. The molecular formula is C11H12BrNO. The molecule has 14 heavy (non-hydrogen) atoms. The molecule has 1 aliphatic rings. The molecule has 0 unspecified atom stereocenters. The monoisotopic (exact) mass is 253 g/mol. The lowest BCUT2D eigenvalue weighted by molar-refractivity contribution is -0.117. The molecule has 0 radical (unpaired) electrons. The van der Waals surface area contributed by atoms with Gasteiger partial charge in [0.15, 0.2) is 0 Å². The molecule has 1 fully saturated rings. The second kappa shape index (κ2) is 3.73. The van der Waals surface area contributed by atoms with E-state index in [1.807, 2.05) is 24.3 Å². The van der Waals surface area contributed by atoms with E-state index in [0.29, 0.717) is 5.92 Å². The summed E-state index contributed by atoms with van der Waals surface area (Å²) in [4.78, 5) is 11.5. The fourth-order valence-corrected chi connectivity index (χ4v) is 1.72. The van der Waals surface area contributed by atoms with Gasteiger partial charge in [0.1, 0.15) is 0 Å². The van der Waals surface area contributed by atoms with Crippen LogP contribution in [-0.4, -0.2) is 5.91 Å². The zero-order valence-corrected chi connectivity index (χ0v) is 9.54. The molecule has 0 aromatic heterocycles. The maximum Gasteiger partial charge on any atom is 0.227 e. The van der Waals surface area contributed by atoms with Crippen molar-refractivity contribution in [3.8, 4) is 0 Å². The van der Waals surface area contributed by atoms with Gasteiger partial charge in [-0.2, -0.15) is 0 Å². The minimum atomic E-state index is 0.153. The smallest absolute Gasteiger partial charge is 0.227 e. The van der Waals surface area contributed by atoms with Crippen LogP contribution < -0.4 is 5.32 Å². The van der Waals surface area contributed by atoms with E-state index in [1.165, 1.54) is 0 Å². The predicted octanol–water partition coefficient (Wildman–Crippen LogP) is 3.04. The van der Waals surface area contributed by atoms with Crippen molar-refractivity contribution in [2.75, 3.05) is 5.32 Å². The number of hydrogen-bond acceptors (Lipinski definition) is 1. The molecular weight excluding hydrogens is 242 g/mol. The molecule has 1 saturated carbocycles. The Morgan fingerprint density at radius 1 is 1.43 bits per heavy atom. The SMILES string of the molecule is C[C@H]1C[C@H]1C(=O)Nc1ccc(Br)cc1. The first kappa shape index (κ1) is 9.71. The van der Waals surface area contributed by atoms with Gasteiger partial charge in [-0.1, -0.05) is 22.9 Å². The van der Waals surface area contributed by atoms with E-state index in [2.05, 4.69) is 28.2 Å². The van der Waals surface area contributed by atoms with Gasteiger partial charge >= 0.3 is 0 Å². The summed E-state index contributed by atoms with van der Waals surface area (Å²) in [6.45, 7) is 2.10. The summed E-state index contributed by atoms with van der Waals surface area (Å²) >= 11 is 3.35. The summed E-state index contributed by atoms with van der Waals surface area (Å²) in [5.74, 6) is 0.948. The van der Waals surface area contributed by atoms with E-state index in [0.717, 1.165) is 16.6 Å². The molecule has 2 atom stereocenters. The van der Waals surface area contributed by atoms with E-state index in [1.54, 1.807) is 0 Å². The first-order valence-electron chi connectivity index (χ1n) is 4.73. The number of rotatable bonds is 2. The number of anilines is 1. The van der Waals surface area contributed by atoms with E-state index in [4.69, 9.17) is 0 Å². The average molecular weight is 254 g/mol. The Labute approximate surface area is 91.8 Å². The zero-order chi connectivity index (χ0) is 10.1. The zero-order valence-electron chi connectivity index (χ0n) is 7.96. The average Bonchev–Trinajstić information content (AvgIpc) is 2.87. The van der Waals surface area contributed by atoms with Crippen molar-refractivity contribution in [3.63, 3.8) is 0 Å². The second-order valence-corrected chi connectivity index (χ2v) is 4.73. The molecule has 0 heterocycles. The van der Waals surface area contributed by atoms with Crippen LogP contribution >= 0.6 is 15.9 Å². The van der Waals surface area contributed by atoms with Crippen molar-refractivity contribution in [3.05, 3.63) is 28.7 Å². The molecule has 2 rings (SSSR count). The molecule has 1 aromatic rings. The molecule has 1 amide bonds. The highest BCUT2D eigenvalue weighted by atomic mass is 79.9. The number of halogens is 1. The van der Waals surface area contributed by atoms with Crippen LogP contribution in [0, 0.1) is 11.8 Å². The summed E-state index contributed by atoms with van der Waals surface area (Å²) in [6, 6.07) is 7.64. The number of nitrogens with one attached hydrogen (secondary N) is 1. The Bertz CT molecular complexity index is 347. The van der Waals surface area contributed by atoms with Crippen LogP contribution in [0.4, 0.5) is 5.69 Å². The Kier molecular flexibility index (Phi) is 2.59. The van der Waals surface area contributed by atoms with Gasteiger partial charge in [-0.25, -0.2) is 0 Å². The van der Waals surface area contributed by atoms with Crippen LogP contribution in [0.1, 0.15) is 13.3 Å². The fourth-order valence-electron chi connectivity index (χ4n) is 1.46. The molecule has 2 nitrogen and oxygen atoms in total. The van der Waals surface area contributed by atoms with E-state index in [-0.39, 0.29) is 11.8 Å². The third kappa shape index (κ3) is 2.15. The topological polar surface area (TPSA) is 29.1 Å². The first-order chi connectivity index (χ1) is 6.66. The number of carbonyl (C=O) groups is 1. The molecule has 3 heteroatoms. The maximum absolute atomic E-state index is 11.5. The van der Waals surface area contributed by atoms with Gasteiger partial charge in [0.2, 0.25) is 5.91 Å². The number of hydrogen-bond donors (Lipinski definition) is 1. The first-order valence-corrected chi connectivity index (χ1v) is 5.52. The molecule has 74 valence electrons. The van der Waals surface area contributed by atoms with Gasteiger partial charge in [0.05, 0.1) is 0 Å². The summed E-state index contributed by atoms with van der Waals surface area (Å²) in [7, 11) is 0. The third-order valence-corrected chi connectivity index (χ3v) is 3.09. The summed E-state index contributed by atoms with van der Waals surface area (Å²) in [5.41, 5.74) is 0.873. The Morgan fingerprint density at radius 2 is 2.00 bits per heavy atom. The lowest BCUT2D eigenvalue weighted by Gasteiger charge is -2.03. The van der Waals surface area contributed by atoms with Crippen LogP contribution in [-0.2, 0) is 4.79 Å². The highest BCUT2D eigenvalue weighted by Crippen LogP contribution is 2.38. The lowest BCUT2D eigenvalue weighted by atomic mass is 10.3. The van der Waals surface area contributed by atoms with Gasteiger partial charge in [-0.15, -0.1) is 0 Å². The summed E-state index contributed by atoms with van der Waals surface area (Å²) in [5, 5.41) is 2.90. The summed E-state index contributed by atoms with van der Waals surface area (Å²) < 4.78 is 1.02. The highest BCUT2D eigenvalue weighted by molar-refractivity contribution is 9.10. The van der Waals surface area contributed by atoms with Gasteiger partial charge in [-0.05, 0) is 36.6 Å². The Balaban J connectivity index is 1.97. The number of carbonyl (C=O) groups excluding carboxylic acids is 1. The van der Waals surface area contributed by atoms with Gasteiger partial charge in [0, 0.05) is 16.1 Å². The molecule has 0 aliphatic heterocycles. The quantitative estimate of drug-likeness (QED) is 0.863. The molecule has 1 N–H and O–H groups in total. The van der Waals surface area contributed by atoms with Gasteiger partial charge in [0.25, 0.3) is 0 Å². The van der Waals surface area contributed by atoms with Crippen molar-refractivity contribution in [1.82, 2.24) is 0 Å². The predicted molar refractivity (Wildman–Crippen MR) is 60.0 cm³/mol. The molecule has 0 bridgehead atoms. The number of amides is 1. The maximum atomic E-state index is 11.5. The highest BCUT2D eigenvalue weighted by Gasteiger charge is 2.38. The molecule has 1 aromatic carbocycles. The standard InChI is InChI=1S/C11H12BrNO/c1-7-6-10(7)11(14)13-9-4-2-8(12)3-5-9/h2-5,7,10H,6H2,1H3,(H,13,14)/t7-,10+/m0/s1. The Hall–Kier alpha value is -0.830. The molecule has 0 saturated heterocycles. The fraction of sp³-hybridized carbons (Fsp3) is 0.364. The third-order valence-electron chi connectivity index (χ3n) is 2.56. The van der Waals surface area contributed by atoms with E-state index >= 15 is 0 Å². The minimum Gasteiger partial charge on any atom is -0.326 e. The minimum absolute atomic E-state index is 0.153. The van der Waals surface area contributed by atoms with Gasteiger partial charge < -0.3 is 5.32 Å². The van der Waals surface area contributed by atoms with Crippen molar-refractivity contribution >= 4 is 27.5 Å². The van der Waals surface area contributed by atoms with Crippen LogP contribution in [0.25, 0.3) is 0 Å². The van der Waals surface area contributed by atoms with Crippen LogP contribution in [0.5, 0.6) is 0 Å². The van der Waals surface area contributed by atoms with E-state index < -0.39 is 0 Å². The normalized spacial score (nSPS) is 24.4. The van der Waals surface area contributed by atoms with Gasteiger partial charge in [-0.3, -0.25) is 4.79 Å². The van der Waals surface area contributed by atoms with Crippen molar-refractivity contribution in [1.29, 1.82) is 0 Å². The molecule has 1 aliphatic carbocycles.